The Kier molecular flexibility index (Phi) is 12.5. The lowest BCUT2D eigenvalue weighted by Gasteiger charge is -2.43. The molecule has 1 aliphatic rings. The number of carbonyl (C=O) groups is 1. The average Bonchev–Trinajstić information content (AvgIpc) is 3.12. The largest absolute Gasteiger partial charge is 0.482 e. The lowest BCUT2D eigenvalue weighted by molar-refractivity contribution is -0.139. The number of hydrogen-bond donors (Lipinski definition) is 1. The summed E-state index contributed by atoms with van der Waals surface area (Å²) in [4.78, 5) is 11.7. The second-order valence-electron chi connectivity index (χ2n) is 15.1. The summed E-state index contributed by atoms with van der Waals surface area (Å²) in [7, 11) is -2.36. The third-order valence-electron chi connectivity index (χ3n) is 10.1. The van der Waals surface area contributed by atoms with Crippen molar-refractivity contribution in [1.82, 2.24) is 4.31 Å². The molecule has 1 fully saturated rings. The Morgan fingerprint density at radius 3 is 2.17 bits per heavy atom. The van der Waals surface area contributed by atoms with Crippen molar-refractivity contribution in [2.75, 3.05) is 13.7 Å². The van der Waals surface area contributed by atoms with Gasteiger partial charge in [-0.2, -0.15) is 4.31 Å². The number of ether oxygens (including phenoxy) is 2. The van der Waals surface area contributed by atoms with Crippen LogP contribution < -0.4 is 4.74 Å². The van der Waals surface area contributed by atoms with Gasteiger partial charge in [0, 0.05) is 31.0 Å². The molecule has 0 unspecified atom stereocenters. The van der Waals surface area contributed by atoms with E-state index in [2.05, 4.69) is 82.8 Å². The van der Waals surface area contributed by atoms with Crippen LogP contribution in [0.15, 0.2) is 114 Å². The minimum absolute atomic E-state index is 0.0779. The van der Waals surface area contributed by atoms with Crippen LogP contribution in [-0.2, 0) is 31.5 Å². The maximum Gasteiger partial charge on any atom is 0.341 e. The van der Waals surface area contributed by atoms with E-state index in [0.717, 1.165) is 42.4 Å². The maximum absolute atomic E-state index is 13.9. The van der Waals surface area contributed by atoms with Gasteiger partial charge in [-0.3, -0.25) is 0 Å². The van der Waals surface area contributed by atoms with Crippen molar-refractivity contribution >= 4 is 16.0 Å². The molecule has 4 aromatic carbocycles. The maximum atomic E-state index is 13.9. The number of carboxylic acid groups (broad SMARTS) is 1. The van der Waals surface area contributed by atoms with Gasteiger partial charge in [-0.25, -0.2) is 13.2 Å². The van der Waals surface area contributed by atoms with E-state index in [9.17, 15) is 18.3 Å². The second-order valence-corrected chi connectivity index (χ2v) is 17.2. The molecule has 1 saturated heterocycles. The van der Waals surface area contributed by atoms with Crippen LogP contribution in [0.25, 0.3) is 11.1 Å². The standard InChI is InChI=1S/C44H53NO6S/c1-8-9-15-41-38(34-18-16-32(17-19-34)33-20-22-35(23-21-33)44(4,5)6)27-37(30(2)3)43(51-41)39-26-36(24-25-40(39)50-29-42(46)47)52(48,49)45(7)28-31-13-11-10-12-14-31/h10-14,16-26,37-38,41,43H,2,8-9,15,27-29H2,1,3-7H3,(H,46,47)/t37-,38-,41+,43+/m0/s1. The van der Waals surface area contributed by atoms with Gasteiger partial charge >= 0.3 is 5.97 Å². The third-order valence-corrected chi connectivity index (χ3v) is 11.9. The molecule has 0 radical (unpaired) electrons. The fraction of sp³-hybridized carbons (Fsp3) is 0.386. The lowest BCUT2D eigenvalue weighted by Crippen LogP contribution is -2.36. The van der Waals surface area contributed by atoms with Gasteiger partial charge in [0.25, 0.3) is 0 Å². The van der Waals surface area contributed by atoms with Crippen LogP contribution in [0.5, 0.6) is 5.75 Å². The van der Waals surface area contributed by atoms with E-state index in [-0.39, 0.29) is 40.5 Å². The molecule has 0 amide bonds. The SMILES string of the molecule is C=C(C)[C@@H]1C[C@@H](c2ccc(-c3ccc(C(C)(C)C)cc3)cc2)[C@@H](CCCC)O[C@H]1c1cc(S(=O)(=O)N(C)Cc2ccccc2)ccc1OCC(=O)O. The minimum atomic E-state index is -3.92. The average molecular weight is 724 g/mol. The highest BCUT2D eigenvalue weighted by Gasteiger charge is 2.41. The predicted molar refractivity (Wildman–Crippen MR) is 208 cm³/mol. The highest BCUT2D eigenvalue weighted by molar-refractivity contribution is 7.89. The van der Waals surface area contributed by atoms with Gasteiger partial charge in [-0.1, -0.05) is 132 Å². The van der Waals surface area contributed by atoms with E-state index in [1.165, 1.54) is 27.1 Å². The van der Waals surface area contributed by atoms with Crippen LogP contribution in [-0.4, -0.2) is 43.6 Å². The summed E-state index contributed by atoms with van der Waals surface area (Å²) in [6.07, 6.45) is 2.77. The van der Waals surface area contributed by atoms with Crippen molar-refractivity contribution in [3.63, 3.8) is 0 Å². The zero-order chi connectivity index (χ0) is 37.6. The van der Waals surface area contributed by atoms with Crippen LogP contribution >= 0.6 is 0 Å². The summed E-state index contributed by atoms with van der Waals surface area (Å²) >= 11 is 0. The highest BCUT2D eigenvalue weighted by Crippen LogP contribution is 2.49. The molecular formula is C44H53NO6S. The molecular weight excluding hydrogens is 671 g/mol. The number of hydrogen-bond acceptors (Lipinski definition) is 5. The van der Waals surface area contributed by atoms with Crippen molar-refractivity contribution < 1.29 is 27.8 Å². The predicted octanol–water partition coefficient (Wildman–Crippen LogP) is 9.93. The molecule has 0 saturated carbocycles. The Hall–Kier alpha value is -4.24. The molecule has 7 nitrogen and oxygen atoms in total. The fourth-order valence-corrected chi connectivity index (χ4v) is 8.27. The summed E-state index contributed by atoms with van der Waals surface area (Å²) in [5.41, 5.74) is 7.16. The molecule has 52 heavy (non-hydrogen) atoms. The Balaban J connectivity index is 1.49. The van der Waals surface area contributed by atoms with E-state index < -0.39 is 28.7 Å². The van der Waals surface area contributed by atoms with Crippen LogP contribution in [0.3, 0.4) is 0 Å². The monoisotopic (exact) mass is 723 g/mol. The van der Waals surface area contributed by atoms with E-state index in [4.69, 9.17) is 9.47 Å². The molecule has 5 rings (SSSR count). The Morgan fingerprint density at radius 1 is 0.962 bits per heavy atom. The second kappa shape index (κ2) is 16.6. The van der Waals surface area contributed by atoms with Gasteiger partial charge < -0.3 is 14.6 Å². The number of sulfonamides is 1. The molecule has 1 heterocycles. The zero-order valence-corrected chi connectivity index (χ0v) is 32.2. The number of rotatable bonds is 14. The van der Waals surface area contributed by atoms with Crippen molar-refractivity contribution in [2.45, 2.75) is 95.3 Å². The number of aliphatic carboxylic acids is 1. The van der Waals surface area contributed by atoms with Gasteiger partial charge in [0.15, 0.2) is 6.61 Å². The first-order chi connectivity index (χ1) is 24.7. The number of carboxylic acids is 1. The first-order valence-corrected chi connectivity index (χ1v) is 19.6. The molecule has 4 atom stereocenters. The van der Waals surface area contributed by atoms with Gasteiger partial charge in [0.1, 0.15) is 5.75 Å². The van der Waals surface area contributed by atoms with Crippen molar-refractivity contribution in [1.29, 1.82) is 0 Å². The Labute approximate surface area is 310 Å². The normalized spacial score (nSPS) is 19.4. The summed E-state index contributed by atoms with van der Waals surface area (Å²) in [6, 6.07) is 31.6. The Morgan fingerprint density at radius 2 is 1.60 bits per heavy atom. The minimum Gasteiger partial charge on any atom is -0.482 e. The molecule has 276 valence electrons. The van der Waals surface area contributed by atoms with E-state index in [1.807, 2.05) is 37.3 Å². The summed E-state index contributed by atoms with van der Waals surface area (Å²) in [6.45, 7) is 14.8. The summed E-state index contributed by atoms with van der Waals surface area (Å²) in [5.74, 6) is -0.938. The molecule has 1 aliphatic heterocycles. The molecule has 1 N–H and O–H groups in total. The number of benzene rings is 4. The molecule has 0 aromatic heterocycles. The van der Waals surface area contributed by atoms with E-state index in [0.29, 0.717) is 5.56 Å². The molecule has 0 aliphatic carbocycles. The first kappa shape index (κ1) is 39.0. The quantitative estimate of drug-likeness (QED) is 0.130. The molecule has 8 heteroatoms. The van der Waals surface area contributed by atoms with Crippen molar-refractivity contribution in [3.05, 3.63) is 131 Å². The zero-order valence-electron chi connectivity index (χ0n) is 31.3. The highest BCUT2D eigenvalue weighted by atomic mass is 32.2. The summed E-state index contributed by atoms with van der Waals surface area (Å²) in [5, 5.41) is 9.48. The smallest absolute Gasteiger partial charge is 0.341 e. The first-order valence-electron chi connectivity index (χ1n) is 18.2. The van der Waals surface area contributed by atoms with Crippen molar-refractivity contribution in [2.24, 2.45) is 5.92 Å². The van der Waals surface area contributed by atoms with Gasteiger partial charge in [-0.05, 0) is 71.2 Å². The van der Waals surface area contributed by atoms with Crippen LogP contribution in [0.2, 0.25) is 0 Å². The third kappa shape index (κ3) is 9.21. The number of unbranched alkanes of at least 4 members (excludes halogenated alkanes) is 1. The van der Waals surface area contributed by atoms with Gasteiger partial charge in [0.2, 0.25) is 10.0 Å². The van der Waals surface area contributed by atoms with E-state index >= 15 is 0 Å². The molecule has 0 bridgehead atoms. The molecule has 0 spiro atoms. The van der Waals surface area contributed by atoms with Crippen LogP contribution in [0.1, 0.15) is 94.6 Å². The molecule has 4 aromatic rings. The van der Waals surface area contributed by atoms with Gasteiger partial charge in [-0.15, -0.1) is 0 Å². The van der Waals surface area contributed by atoms with Gasteiger partial charge in [0.05, 0.1) is 17.1 Å². The number of nitrogens with zero attached hydrogens (tertiary/aromatic N) is 1. The lowest BCUT2D eigenvalue weighted by atomic mass is 9.74. The van der Waals surface area contributed by atoms with Crippen LogP contribution in [0, 0.1) is 5.92 Å². The Bertz CT molecular complexity index is 1930. The van der Waals surface area contributed by atoms with E-state index in [1.54, 1.807) is 19.2 Å². The van der Waals surface area contributed by atoms with Crippen LogP contribution in [0.4, 0.5) is 0 Å². The summed E-state index contributed by atoms with van der Waals surface area (Å²) < 4.78 is 42.0. The topological polar surface area (TPSA) is 93.1 Å². The fourth-order valence-electron chi connectivity index (χ4n) is 7.07. The van der Waals surface area contributed by atoms with Crippen molar-refractivity contribution in [3.8, 4) is 16.9 Å².